The van der Waals surface area contributed by atoms with Crippen LogP contribution in [0.25, 0.3) is 0 Å². The van der Waals surface area contributed by atoms with Crippen LogP contribution in [-0.2, 0) is 4.79 Å². The molecular formula is C13H19N3O. The maximum atomic E-state index is 11.4. The Morgan fingerprint density at radius 2 is 2.35 bits per heavy atom. The van der Waals surface area contributed by atoms with Gasteiger partial charge in [-0.1, -0.05) is 32.3 Å². The molecule has 1 aromatic rings. The van der Waals surface area contributed by atoms with Crippen LogP contribution in [0.5, 0.6) is 0 Å². The largest absolute Gasteiger partial charge is 0.273 e. The predicted molar refractivity (Wildman–Crippen MR) is 68.7 cm³/mol. The van der Waals surface area contributed by atoms with E-state index in [2.05, 4.69) is 22.4 Å². The SMILES string of the molecule is CCCCCCC(=O)N/N=C/c1cccnc1. The van der Waals surface area contributed by atoms with Crippen LogP contribution >= 0.6 is 0 Å². The standard InChI is InChI=1S/C13H19N3O/c1-2-3-4-5-8-13(17)16-15-11-12-7-6-9-14-10-12/h6-7,9-11H,2-5,8H2,1H3,(H,16,17)/b15-11+. The molecule has 4 heteroatoms. The lowest BCUT2D eigenvalue weighted by Crippen LogP contribution is -2.16. The van der Waals surface area contributed by atoms with Gasteiger partial charge in [0.2, 0.25) is 5.91 Å². The van der Waals surface area contributed by atoms with E-state index in [1.165, 1.54) is 12.8 Å². The normalized spacial score (nSPS) is 10.6. The van der Waals surface area contributed by atoms with Crippen LogP contribution < -0.4 is 5.43 Å². The second-order valence-corrected chi connectivity index (χ2v) is 3.89. The van der Waals surface area contributed by atoms with Gasteiger partial charge in [0.1, 0.15) is 0 Å². The van der Waals surface area contributed by atoms with Gasteiger partial charge in [-0.2, -0.15) is 5.10 Å². The lowest BCUT2D eigenvalue weighted by atomic mass is 10.1. The molecule has 92 valence electrons. The Kier molecular flexibility index (Phi) is 6.63. The first-order valence-corrected chi connectivity index (χ1v) is 6.05. The van der Waals surface area contributed by atoms with E-state index < -0.39 is 0 Å². The molecule has 0 fully saturated rings. The molecule has 0 atom stereocenters. The third-order valence-corrected chi connectivity index (χ3v) is 2.34. The lowest BCUT2D eigenvalue weighted by Gasteiger charge is -1.99. The highest BCUT2D eigenvalue weighted by atomic mass is 16.2. The van der Waals surface area contributed by atoms with E-state index in [-0.39, 0.29) is 5.91 Å². The summed E-state index contributed by atoms with van der Waals surface area (Å²) in [7, 11) is 0. The molecule has 0 aliphatic rings. The molecule has 0 aliphatic carbocycles. The van der Waals surface area contributed by atoms with Crippen LogP contribution in [0.2, 0.25) is 0 Å². The van der Waals surface area contributed by atoms with Crippen LogP contribution in [0, 0.1) is 0 Å². The predicted octanol–water partition coefficient (Wildman–Crippen LogP) is 2.50. The first kappa shape index (κ1) is 13.4. The molecule has 1 amide bonds. The van der Waals surface area contributed by atoms with Crippen molar-refractivity contribution in [3.8, 4) is 0 Å². The van der Waals surface area contributed by atoms with Crippen molar-refractivity contribution >= 4 is 12.1 Å². The maximum Gasteiger partial charge on any atom is 0.240 e. The van der Waals surface area contributed by atoms with Gasteiger partial charge in [0.15, 0.2) is 0 Å². The Morgan fingerprint density at radius 1 is 1.47 bits per heavy atom. The summed E-state index contributed by atoms with van der Waals surface area (Å²) in [6.07, 6.45) is 9.94. The molecule has 0 aromatic carbocycles. The van der Waals surface area contributed by atoms with E-state index >= 15 is 0 Å². The minimum absolute atomic E-state index is 0.0266. The molecule has 0 unspecified atom stereocenters. The number of carbonyl (C=O) groups is 1. The Morgan fingerprint density at radius 3 is 3.06 bits per heavy atom. The molecular weight excluding hydrogens is 214 g/mol. The van der Waals surface area contributed by atoms with Crippen molar-refractivity contribution in [3.63, 3.8) is 0 Å². The number of nitrogens with one attached hydrogen (secondary N) is 1. The van der Waals surface area contributed by atoms with Gasteiger partial charge in [-0.3, -0.25) is 9.78 Å². The minimum atomic E-state index is -0.0266. The Balaban J connectivity index is 2.17. The lowest BCUT2D eigenvalue weighted by molar-refractivity contribution is -0.121. The average Bonchev–Trinajstić information content (AvgIpc) is 2.36. The van der Waals surface area contributed by atoms with Gasteiger partial charge < -0.3 is 0 Å². The van der Waals surface area contributed by atoms with Crippen LogP contribution in [0.4, 0.5) is 0 Å². The summed E-state index contributed by atoms with van der Waals surface area (Å²) in [6.45, 7) is 2.15. The first-order chi connectivity index (χ1) is 8.33. The fourth-order valence-electron chi connectivity index (χ4n) is 1.40. The number of carbonyl (C=O) groups excluding carboxylic acids is 1. The number of amides is 1. The number of nitrogens with zero attached hydrogens (tertiary/aromatic N) is 2. The summed E-state index contributed by atoms with van der Waals surface area (Å²) in [6, 6.07) is 3.71. The van der Waals surface area contributed by atoms with Crippen molar-refractivity contribution in [2.45, 2.75) is 39.0 Å². The zero-order chi connectivity index (χ0) is 12.3. The summed E-state index contributed by atoms with van der Waals surface area (Å²) in [5.74, 6) is -0.0266. The van der Waals surface area contributed by atoms with Gasteiger partial charge in [-0.25, -0.2) is 5.43 Å². The summed E-state index contributed by atoms with van der Waals surface area (Å²) in [5, 5.41) is 3.88. The van der Waals surface area contributed by atoms with Crippen molar-refractivity contribution in [2.24, 2.45) is 5.10 Å². The van der Waals surface area contributed by atoms with E-state index in [9.17, 15) is 4.79 Å². The zero-order valence-electron chi connectivity index (χ0n) is 10.2. The topological polar surface area (TPSA) is 54.4 Å². The molecule has 1 heterocycles. The van der Waals surface area contributed by atoms with Gasteiger partial charge in [-0.15, -0.1) is 0 Å². The summed E-state index contributed by atoms with van der Waals surface area (Å²) in [4.78, 5) is 15.3. The molecule has 1 aromatic heterocycles. The molecule has 17 heavy (non-hydrogen) atoms. The second kappa shape index (κ2) is 8.44. The average molecular weight is 233 g/mol. The minimum Gasteiger partial charge on any atom is -0.273 e. The Bertz CT molecular complexity index is 349. The highest BCUT2D eigenvalue weighted by molar-refractivity contribution is 5.81. The van der Waals surface area contributed by atoms with Crippen molar-refractivity contribution in [2.75, 3.05) is 0 Å². The summed E-state index contributed by atoms with van der Waals surface area (Å²) < 4.78 is 0. The Labute approximate surface area is 102 Å². The number of pyridine rings is 1. The zero-order valence-corrected chi connectivity index (χ0v) is 10.2. The van der Waals surface area contributed by atoms with Gasteiger partial charge >= 0.3 is 0 Å². The van der Waals surface area contributed by atoms with E-state index in [0.717, 1.165) is 18.4 Å². The van der Waals surface area contributed by atoms with Crippen LogP contribution in [0.1, 0.15) is 44.6 Å². The third kappa shape index (κ3) is 6.45. The molecule has 1 N–H and O–H groups in total. The molecule has 0 bridgehead atoms. The highest BCUT2D eigenvalue weighted by Crippen LogP contribution is 2.01. The van der Waals surface area contributed by atoms with Gasteiger partial charge in [0, 0.05) is 24.4 Å². The van der Waals surface area contributed by atoms with Crippen molar-refractivity contribution in [1.29, 1.82) is 0 Å². The summed E-state index contributed by atoms with van der Waals surface area (Å²) in [5.41, 5.74) is 3.38. The van der Waals surface area contributed by atoms with E-state index in [1.807, 2.05) is 12.1 Å². The number of rotatable bonds is 7. The molecule has 0 aliphatic heterocycles. The van der Waals surface area contributed by atoms with Crippen molar-refractivity contribution < 1.29 is 4.79 Å². The second-order valence-electron chi connectivity index (χ2n) is 3.89. The smallest absolute Gasteiger partial charge is 0.240 e. The maximum absolute atomic E-state index is 11.4. The molecule has 0 radical (unpaired) electrons. The third-order valence-electron chi connectivity index (χ3n) is 2.34. The first-order valence-electron chi connectivity index (χ1n) is 6.05. The molecule has 0 saturated heterocycles. The van der Waals surface area contributed by atoms with E-state index in [1.54, 1.807) is 18.6 Å². The van der Waals surface area contributed by atoms with Crippen LogP contribution in [0.15, 0.2) is 29.6 Å². The highest BCUT2D eigenvalue weighted by Gasteiger charge is 1.98. The number of hydrazone groups is 1. The summed E-state index contributed by atoms with van der Waals surface area (Å²) >= 11 is 0. The van der Waals surface area contributed by atoms with Crippen LogP contribution in [-0.4, -0.2) is 17.1 Å². The molecule has 1 rings (SSSR count). The van der Waals surface area contributed by atoms with E-state index in [0.29, 0.717) is 6.42 Å². The van der Waals surface area contributed by atoms with Crippen molar-refractivity contribution in [1.82, 2.24) is 10.4 Å². The number of unbranched alkanes of at least 4 members (excludes halogenated alkanes) is 3. The van der Waals surface area contributed by atoms with E-state index in [4.69, 9.17) is 0 Å². The number of aromatic nitrogens is 1. The monoisotopic (exact) mass is 233 g/mol. The Hall–Kier alpha value is -1.71. The fraction of sp³-hybridized carbons (Fsp3) is 0.462. The molecule has 4 nitrogen and oxygen atoms in total. The number of hydrogen-bond acceptors (Lipinski definition) is 3. The van der Waals surface area contributed by atoms with Gasteiger partial charge in [-0.05, 0) is 12.5 Å². The van der Waals surface area contributed by atoms with Crippen LogP contribution in [0.3, 0.4) is 0 Å². The quantitative estimate of drug-likeness (QED) is 0.447. The van der Waals surface area contributed by atoms with Crippen molar-refractivity contribution in [3.05, 3.63) is 30.1 Å². The fourth-order valence-corrected chi connectivity index (χ4v) is 1.40. The van der Waals surface area contributed by atoms with Gasteiger partial charge in [0.05, 0.1) is 6.21 Å². The number of hydrogen-bond donors (Lipinski definition) is 1. The van der Waals surface area contributed by atoms with Gasteiger partial charge in [0.25, 0.3) is 0 Å². The molecule has 0 spiro atoms. The molecule has 0 saturated carbocycles.